The summed E-state index contributed by atoms with van der Waals surface area (Å²) >= 11 is 0. The van der Waals surface area contributed by atoms with Crippen molar-refractivity contribution in [3.8, 4) is 11.1 Å². The van der Waals surface area contributed by atoms with E-state index in [1.807, 2.05) is 6.33 Å². The third-order valence-electron chi connectivity index (χ3n) is 4.74. The molecule has 0 saturated heterocycles. The standard InChI is InChI=1S/C22H29N3/c1-5-6-12-24(4)15-18-8-7-9-19(13-18)20-10-11-22-21(14-20)23-16-25(22)17(2)3/h7-11,13-14,16-17H,5-6,12,15H2,1-4H3. The molecule has 25 heavy (non-hydrogen) atoms. The van der Waals surface area contributed by atoms with Crippen molar-refractivity contribution in [1.29, 1.82) is 0 Å². The Bertz CT molecular complexity index is 832. The molecule has 3 heteroatoms. The summed E-state index contributed by atoms with van der Waals surface area (Å²) in [6.07, 6.45) is 4.44. The van der Waals surface area contributed by atoms with E-state index in [4.69, 9.17) is 0 Å². The van der Waals surface area contributed by atoms with E-state index >= 15 is 0 Å². The molecule has 0 saturated carbocycles. The number of aromatic nitrogens is 2. The van der Waals surface area contributed by atoms with Crippen molar-refractivity contribution in [2.75, 3.05) is 13.6 Å². The molecule has 1 heterocycles. The number of nitrogens with zero attached hydrogens (tertiary/aromatic N) is 3. The van der Waals surface area contributed by atoms with Crippen molar-refractivity contribution in [2.24, 2.45) is 0 Å². The molecule has 0 unspecified atom stereocenters. The Morgan fingerprint density at radius 3 is 2.64 bits per heavy atom. The molecular weight excluding hydrogens is 306 g/mol. The van der Waals surface area contributed by atoms with Gasteiger partial charge in [0.1, 0.15) is 0 Å². The Morgan fingerprint density at radius 2 is 1.88 bits per heavy atom. The maximum absolute atomic E-state index is 4.59. The predicted octanol–water partition coefficient (Wildman–Crippen LogP) is 5.52. The van der Waals surface area contributed by atoms with Gasteiger partial charge in [0.25, 0.3) is 0 Å². The third kappa shape index (κ3) is 4.10. The monoisotopic (exact) mass is 335 g/mol. The highest BCUT2D eigenvalue weighted by Gasteiger charge is 2.08. The molecule has 0 N–H and O–H groups in total. The van der Waals surface area contributed by atoms with E-state index < -0.39 is 0 Å². The highest BCUT2D eigenvalue weighted by molar-refractivity contribution is 5.82. The maximum atomic E-state index is 4.59. The molecule has 3 nitrogen and oxygen atoms in total. The first-order valence-corrected chi connectivity index (χ1v) is 9.33. The van der Waals surface area contributed by atoms with Crippen molar-refractivity contribution in [1.82, 2.24) is 14.5 Å². The lowest BCUT2D eigenvalue weighted by atomic mass is 10.0. The Kier molecular flexibility index (Phi) is 5.54. The molecule has 132 valence electrons. The van der Waals surface area contributed by atoms with Gasteiger partial charge in [-0.3, -0.25) is 0 Å². The van der Waals surface area contributed by atoms with Gasteiger partial charge in [0.05, 0.1) is 17.4 Å². The zero-order chi connectivity index (χ0) is 17.8. The van der Waals surface area contributed by atoms with Gasteiger partial charge < -0.3 is 9.47 Å². The topological polar surface area (TPSA) is 21.1 Å². The van der Waals surface area contributed by atoms with Crippen LogP contribution in [0.3, 0.4) is 0 Å². The van der Waals surface area contributed by atoms with Crippen LogP contribution in [-0.2, 0) is 6.54 Å². The average molecular weight is 335 g/mol. The molecule has 1 aromatic heterocycles. The number of rotatable bonds is 7. The summed E-state index contributed by atoms with van der Waals surface area (Å²) in [5, 5.41) is 0. The Morgan fingerprint density at radius 1 is 1.08 bits per heavy atom. The van der Waals surface area contributed by atoms with Gasteiger partial charge in [0.15, 0.2) is 0 Å². The zero-order valence-corrected chi connectivity index (χ0v) is 15.9. The zero-order valence-electron chi connectivity index (χ0n) is 15.9. The van der Waals surface area contributed by atoms with Crippen LogP contribution < -0.4 is 0 Å². The summed E-state index contributed by atoms with van der Waals surface area (Å²) in [5.41, 5.74) is 6.14. The molecule has 2 aromatic carbocycles. The van der Waals surface area contributed by atoms with Crippen LogP contribution in [0.15, 0.2) is 48.8 Å². The van der Waals surface area contributed by atoms with Crippen LogP contribution in [0.2, 0.25) is 0 Å². The lowest BCUT2D eigenvalue weighted by molar-refractivity contribution is 0.321. The molecule has 3 aromatic rings. The average Bonchev–Trinajstić information content (AvgIpc) is 3.03. The number of fused-ring (bicyclic) bond motifs is 1. The van der Waals surface area contributed by atoms with Crippen molar-refractivity contribution >= 4 is 11.0 Å². The fourth-order valence-corrected chi connectivity index (χ4v) is 3.29. The first-order valence-electron chi connectivity index (χ1n) is 9.33. The van der Waals surface area contributed by atoms with E-state index in [0.29, 0.717) is 6.04 Å². The van der Waals surface area contributed by atoms with Crippen molar-refractivity contribution in [3.63, 3.8) is 0 Å². The maximum Gasteiger partial charge on any atom is 0.0960 e. The fourth-order valence-electron chi connectivity index (χ4n) is 3.29. The van der Waals surface area contributed by atoms with Crippen LogP contribution in [0.5, 0.6) is 0 Å². The molecule has 0 aliphatic rings. The van der Waals surface area contributed by atoms with Gasteiger partial charge >= 0.3 is 0 Å². The molecule has 0 spiro atoms. The van der Waals surface area contributed by atoms with Crippen LogP contribution in [0.25, 0.3) is 22.2 Å². The fraction of sp³-hybridized carbons (Fsp3) is 0.409. The van der Waals surface area contributed by atoms with Crippen LogP contribution in [0, 0.1) is 0 Å². The van der Waals surface area contributed by atoms with Gasteiger partial charge in [-0.2, -0.15) is 0 Å². The number of unbranched alkanes of at least 4 members (excludes halogenated alkanes) is 1. The highest BCUT2D eigenvalue weighted by atomic mass is 15.1. The Balaban J connectivity index is 1.84. The van der Waals surface area contributed by atoms with Gasteiger partial charge in [0, 0.05) is 12.6 Å². The van der Waals surface area contributed by atoms with E-state index in [1.165, 1.54) is 35.0 Å². The normalized spacial score (nSPS) is 11.8. The van der Waals surface area contributed by atoms with E-state index in [2.05, 4.69) is 84.7 Å². The van der Waals surface area contributed by atoms with Gasteiger partial charge in [-0.1, -0.05) is 37.6 Å². The van der Waals surface area contributed by atoms with Crippen LogP contribution >= 0.6 is 0 Å². The van der Waals surface area contributed by atoms with E-state index in [0.717, 1.165) is 18.6 Å². The minimum Gasteiger partial charge on any atom is -0.328 e. The molecule has 0 fully saturated rings. The van der Waals surface area contributed by atoms with Crippen molar-refractivity contribution in [2.45, 2.75) is 46.2 Å². The molecule has 0 amide bonds. The molecular formula is C22H29N3. The first-order chi connectivity index (χ1) is 12.1. The van der Waals surface area contributed by atoms with Crippen molar-refractivity contribution < 1.29 is 0 Å². The van der Waals surface area contributed by atoms with Gasteiger partial charge in [-0.25, -0.2) is 4.98 Å². The molecule has 0 aliphatic heterocycles. The van der Waals surface area contributed by atoms with Crippen LogP contribution in [0.1, 0.15) is 45.2 Å². The minimum absolute atomic E-state index is 0.429. The lowest BCUT2D eigenvalue weighted by Gasteiger charge is -2.16. The number of hydrogen-bond donors (Lipinski definition) is 0. The first kappa shape index (κ1) is 17.7. The molecule has 3 rings (SSSR count). The summed E-state index contributed by atoms with van der Waals surface area (Å²) in [4.78, 5) is 6.98. The SMILES string of the molecule is CCCCN(C)Cc1cccc(-c2ccc3c(c2)ncn3C(C)C)c1. The second-order valence-corrected chi connectivity index (χ2v) is 7.24. The minimum atomic E-state index is 0.429. The largest absolute Gasteiger partial charge is 0.328 e. The molecule has 0 bridgehead atoms. The number of hydrogen-bond acceptors (Lipinski definition) is 2. The number of benzene rings is 2. The van der Waals surface area contributed by atoms with Crippen LogP contribution in [-0.4, -0.2) is 28.0 Å². The van der Waals surface area contributed by atoms with Gasteiger partial charge in [-0.15, -0.1) is 0 Å². The van der Waals surface area contributed by atoms with Crippen LogP contribution in [0.4, 0.5) is 0 Å². The summed E-state index contributed by atoms with van der Waals surface area (Å²) in [6.45, 7) is 8.77. The number of imidazole rings is 1. The predicted molar refractivity (Wildman–Crippen MR) is 107 cm³/mol. The summed E-state index contributed by atoms with van der Waals surface area (Å²) in [6, 6.07) is 15.9. The lowest BCUT2D eigenvalue weighted by Crippen LogP contribution is -2.18. The summed E-state index contributed by atoms with van der Waals surface area (Å²) in [5.74, 6) is 0. The van der Waals surface area contributed by atoms with E-state index in [9.17, 15) is 0 Å². The summed E-state index contributed by atoms with van der Waals surface area (Å²) < 4.78 is 2.22. The Hall–Kier alpha value is -2.13. The molecule has 0 atom stereocenters. The second kappa shape index (κ2) is 7.83. The quantitative estimate of drug-likeness (QED) is 0.567. The third-order valence-corrected chi connectivity index (χ3v) is 4.74. The summed E-state index contributed by atoms with van der Waals surface area (Å²) in [7, 11) is 2.20. The molecule has 0 aliphatic carbocycles. The Labute approximate surface area is 151 Å². The van der Waals surface area contributed by atoms with Crippen molar-refractivity contribution in [3.05, 3.63) is 54.4 Å². The molecule has 0 radical (unpaired) electrons. The highest BCUT2D eigenvalue weighted by Crippen LogP contribution is 2.26. The van der Waals surface area contributed by atoms with Gasteiger partial charge in [-0.05, 0) is 68.8 Å². The van der Waals surface area contributed by atoms with E-state index in [1.54, 1.807) is 0 Å². The van der Waals surface area contributed by atoms with E-state index in [-0.39, 0.29) is 0 Å². The second-order valence-electron chi connectivity index (χ2n) is 7.24. The smallest absolute Gasteiger partial charge is 0.0960 e. The van der Waals surface area contributed by atoms with Gasteiger partial charge in [0.2, 0.25) is 0 Å².